The Kier molecular flexibility index (Phi) is 5.50. The van der Waals surface area contributed by atoms with Gasteiger partial charge in [-0.05, 0) is 53.6 Å². The van der Waals surface area contributed by atoms with Crippen LogP contribution in [-0.2, 0) is 17.6 Å². The van der Waals surface area contributed by atoms with E-state index in [9.17, 15) is 9.59 Å². The van der Waals surface area contributed by atoms with Crippen LogP contribution in [0.1, 0.15) is 23.7 Å². The smallest absolute Gasteiger partial charge is 0.290 e. The number of imide groups is 1. The van der Waals surface area contributed by atoms with Crippen LogP contribution in [0.3, 0.4) is 0 Å². The van der Waals surface area contributed by atoms with Gasteiger partial charge in [0.15, 0.2) is 0 Å². The van der Waals surface area contributed by atoms with Gasteiger partial charge in [-0.1, -0.05) is 25.1 Å². The van der Waals surface area contributed by atoms with E-state index >= 15 is 0 Å². The lowest BCUT2D eigenvalue weighted by atomic mass is 10.2. The Morgan fingerprint density at radius 3 is 2.56 bits per heavy atom. The Bertz CT molecular complexity index is 798. The van der Waals surface area contributed by atoms with E-state index in [0.717, 1.165) is 41.6 Å². The molecule has 25 heavy (non-hydrogen) atoms. The number of aromatic nitrogens is 1. The second-order valence-corrected chi connectivity index (χ2v) is 6.55. The monoisotopic (exact) mass is 354 g/mol. The number of ether oxygens (including phenoxy) is 1. The first-order valence-electron chi connectivity index (χ1n) is 8.05. The maximum absolute atomic E-state index is 11.5. The highest BCUT2D eigenvalue weighted by molar-refractivity contribution is 8.18. The molecule has 3 rings (SSSR count). The third-order valence-electron chi connectivity index (χ3n) is 3.74. The Balaban J connectivity index is 1.53. The molecule has 6 heteroatoms. The lowest BCUT2D eigenvalue weighted by Gasteiger charge is -2.07. The van der Waals surface area contributed by atoms with Crippen LogP contribution in [0.4, 0.5) is 4.79 Å². The van der Waals surface area contributed by atoms with Crippen molar-refractivity contribution in [1.29, 1.82) is 0 Å². The molecule has 1 saturated heterocycles. The third kappa shape index (κ3) is 4.70. The molecule has 5 nitrogen and oxygen atoms in total. The summed E-state index contributed by atoms with van der Waals surface area (Å²) in [6.07, 6.45) is 5.32. The van der Waals surface area contributed by atoms with Gasteiger partial charge in [0.05, 0.1) is 11.5 Å². The topological polar surface area (TPSA) is 68.3 Å². The number of nitrogens with one attached hydrogen (secondary N) is 1. The molecule has 128 valence electrons. The second kappa shape index (κ2) is 7.98. The summed E-state index contributed by atoms with van der Waals surface area (Å²) in [6, 6.07) is 11.5. The first-order valence-corrected chi connectivity index (χ1v) is 8.87. The standard InChI is InChI=1S/C19H18N2O3S/c1-2-13-3-6-15(20-12-13)9-10-24-16-7-4-14(5-8-16)11-17-18(22)21-19(23)25-17/h3-8,11-12H,2,9-10H2,1H3,(H,21,22,23)/b17-11-. The summed E-state index contributed by atoms with van der Waals surface area (Å²) in [7, 11) is 0. The zero-order valence-electron chi connectivity index (χ0n) is 13.8. The Labute approximate surface area is 150 Å². The molecule has 0 unspecified atom stereocenters. The number of thioether (sulfide) groups is 1. The minimum Gasteiger partial charge on any atom is -0.493 e. The van der Waals surface area contributed by atoms with Crippen molar-refractivity contribution < 1.29 is 14.3 Å². The molecule has 0 atom stereocenters. The van der Waals surface area contributed by atoms with Gasteiger partial charge in [-0.25, -0.2) is 0 Å². The molecule has 1 aliphatic heterocycles. The van der Waals surface area contributed by atoms with Crippen LogP contribution in [-0.4, -0.2) is 22.7 Å². The van der Waals surface area contributed by atoms with Gasteiger partial charge >= 0.3 is 0 Å². The van der Waals surface area contributed by atoms with Gasteiger partial charge in [0, 0.05) is 18.3 Å². The molecule has 0 saturated carbocycles. The number of pyridine rings is 1. The first-order chi connectivity index (χ1) is 12.1. The quantitative estimate of drug-likeness (QED) is 0.803. The Morgan fingerprint density at radius 2 is 1.96 bits per heavy atom. The highest BCUT2D eigenvalue weighted by Gasteiger charge is 2.24. The maximum atomic E-state index is 11.5. The van der Waals surface area contributed by atoms with Gasteiger partial charge in [0.1, 0.15) is 5.75 Å². The fraction of sp³-hybridized carbons (Fsp3) is 0.211. The van der Waals surface area contributed by atoms with Gasteiger partial charge in [0.25, 0.3) is 11.1 Å². The van der Waals surface area contributed by atoms with Gasteiger partial charge in [0.2, 0.25) is 0 Å². The zero-order chi connectivity index (χ0) is 17.6. The van der Waals surface area contributed by atoms with Crippen molar-refractivity contribution in [3.05, 3.63) is 64.3 Å². The fourth-order valence-electron chi connectivity index (χ4n) is 2.32. The van der Waals surface area contributed by atoms with Crippen LogP contribution in [0.2, 0.25) is 0 Å². The lowest BCUT2D eigenvalue weighted by Crippen LogP contribution is -2.17. The summed E-state index contributed by atoms with van der Waals surface area (Å²) in [4.78, 5) is 27.5. The van der Waals surface area contributed by atoms with E-state index in [0.29, 0.717) is 11.5 Å². The molecular formula is C19H18N2O3S. The molecular weight excluding hydrogens is 336 g/mol. The number of nitrogens with zero attached hydrogens (tertiary/aromatic N) is 1. The number of hydrogen-bond acceptors (Lipinski definition) is 5. The molecule has 2 amide bonds. The largest absolute Gasteiger partial charge is 0.493 e. The predicted octanol–water partition coefficient (Wildman–Crippen LogP) is 3.59. The average Bonchev–Trinajstić information content (AvgIpc) is 2.94. The summed E-state index contributed by atoms with van der Waals surface area (Å²) in [5, 5.41) is 1.90. The van der Waals surface area contributed by atoms with E-state index in [1.807, 2.05) is 36.5 Å². The predicted molar refractivity (Wildman–Crippen MR) is 98.4 cm³/mol. The minimum absolute atomic E-state index is 0.336. The summed E-state index contributed by atoms with van der Waals surface area (Å²) >= 11 is 0.910. The Hall–Kier alpha value is -2.60. The zero-order valence-corrected chi connectivity index (χ0v) is 14.6. The summed E-state index contributed by atoms with van der Waals surface area (Å²) in [5.74, 6) is 0.406. The van der Waals surface area contributed by atoms with E-state index in [2.05, 4.69) is 23.3 Å². The molecule has 2 heterocycles. The lowest BCUT2D eigenvalue weighted by molar-refractivity contribution is -0.115. The van der Waals surface area contributed by atoms with Crippen molar-refractivity contribution >= 4 is 29.0 Å². The van der Waals surface area contributed by atoms with Crippen LogP contribution < -0.4 is 10.1 Å². The van der Waals surface area contributed by atoms with Crippen molar-refractivity contribution in [2.45, 2.75) is 19.8 Å². The van der Waals surface area contributed by atoms with Gasteiger partial charge < -0.3 is 4.74 Å². The Morgan fingerprint density at radius 1 is 1.16 bits per heavy atom. The van der Waals surface area contributed by atoms with Gasteiger partial charge in [-0.15, -0.1) is 0 Å². The van der Waals surface area contributed by atoms with Gasteiger partial charge in [-0.2, -0.15) is 0 Å². The van der Waals surface area contributed by atoms with E-state index in [-0.39, 0.29) is 11.1 Å². The maximum Gasteiger partial charge on any atom is 0.290 e. The summed E-state index contributed by atoms with van der Waals surface area (Å²) < 4.78 is 5.73. The number of amides is 2. The molecule has 1 fully saturated rings. The van der Waals surface area contributed by atoms with Crippen molar-refractivity contribution in [3.63, 3.8) is 0 Å². The molecule has 1 aromatic carbocycles. The summed E-state index contributed by atoms with van der Waals surface area (Å²) in [6.45, 7) is 2.65. The van der Waals surface area contributed by atoms with E-state index < -0.39 is 0 Å². The molecule has 0 radical (unpaired) electrons. The second-order valence-electron chi connectivity index (χ2n) is 5.53. The molecule has 1 aromatic heterocycles. The molecule has 0 spiro atoms. The normalized spacial score (nSPS) is 15.5. The van der Waals surface area contributed by atoms with E-state index in [1.165, 1.54) is 5.56 Å². The third-order valence-corrected chi connectivity index (χ3v) is 4.55. The first kappa shape index (κ1) is 17.2. The van der Waals surface area contributed by atoms with E-state index in [1.54, 1.807) is 6.08 Å². The van der Waals surface area contributed by atoms with Crippen LogP contribution in [0.5, 0.6) is 5.75 Å². The molecule has 1 N–H and O–H groups in total. The molecule has 2 aromatic rings. The average molecular weight is 354 g/mol. The number of carbonyl (C=O) groups is 2. The van der Waals surface area contributed by atoms with Crippen molar-refractivity contribution in [3.8, 4) is 5.75 Å². The summed E-state index contributed by atoms with van der Waals surface area (Å²) in [5.41, 5.74) is 3.08. The highest BCUT2D eigenvalue weighted by Crippen LogP contribution is 2.26. The number of hydrogen-bond donors (Lipinski definition) is 1. The van der Waals surface area contributed by atoms with Crippen molar-refractivity contribution in [2.24, 2.45) is 0 Å². The number of carbonyl (C=O) groups excluding carboxylic acids is 2. The van der Waals surface area contributed by atoms with Crippen LogP contribution in [0.25, 0.3) is 6.08 Å². The van der Waals surface area contributed by atoms with Gasteiger partial charge in [-0.3, -0.25) is 19.9 Å². The SMILES string of the molecule is CCc1ccc(CCOc2ccc(/C=C3\SC(=O)NC3=O)cc2)nc1. The van der Waals surface area contributed by atoms with Crippen molar-refractivity contribution in [2.75, 3.05) is 6.61 Å². The molecule has 0 aliphatic carbocycles. The minimum atomic E-state index is -0.350. The highest BCUT2D eigenvalue weighted by atomic mass is 32.2. The van der Waals surface area contributed by atoms with Crippen LogP contribution in [0.15, 0.2) is 47.5 Å². The number of benzene rings is 1. The fourth-order valence-corrected chi connectivity index (χ4v) is 3.00. The molecule has 1 aliphatic rings. The van der Waals surface area contributed by atoms with Crippen LogP contribution in [0, 0.1) is 0 Å². The molecule has 0 bridgehead atoms. The van der Waals surface area contributed by atoms with E-state index in [4.69, 9.17) is 4.74 Å². The van der Waals surface area contributed by atoms with Crippen molar-refractivity contribution in [1.82, 2.24) is 10.3 Å². The number of aryl methyl sites for hydroxylation is 1. The van der Waals surface area contributed by atoms with Crippen LogP contribution >= 0.6 is 11.8 Å². The number of rotatable bonds is 6.